The quantitative estimate of drug-likeness (QED) is 0.178. The van der Waals surface area contributed by atoms with Crippen molar-refractivity contribution >= 4 is 47.2 Å². The van der Waals surface area contributed by atoms with Crippen LogP contribution in [0.3, 0.4) is 0 Å². The molecule has 1 unspecified atom stereocenters. The Hall–Kier alpha value is -1.81. The molecule has 1 amide bonds. The second-order valence-corrected chi connectivity index (χ2v) is 7.20. The number of amides is 1. The summed E-state index contributed by atoms with van der Waals surface area (Å²) in [5.74, 6) is 1.09. The van der Waals surface area contributed by atoms with E-state index >= 15 is 0 Å². The number of phenols is 1. The number of aromatic hydroxyl groups is 1. The number of halogens is 1. The molecule has 0 bridgehead atoms. The van der Waals surface area contributed by atoms with E-state index in [1.807, 2.05) is 6.92 Å². The zero-order valence-electron chi connectivity index (χ0n) is 16.3. The Morgan fingerprint density at radius 1 is 1.18 bits per heavy atom. The molecule has 1 aromatic heterocycles. The van der Waals surface area contributed by atoms with Gasteiger partial charge in [0.15, 0.2) is 5.96 Å². The topological polar surface area (TPSA) is 85.8 Å². The van der Waals surface area contributed by atoms with Gasteiger partial charge in [-0.25, -0.2) is 0 Å². The lowest BCUT2D eigenvalue weighted by molar-refractivity contribution is 0.0953. The fourth-order valence-corrected chi connectivity index (χ4v) is 3.26. The minimum atomic E-state index is -0.184. The summed E-state index contributed by atoms with van der Waals surface area (Å²) in [5, 5.41) is 20.9. The van der Waals surface area contributed by atoms with Crippen molar-refractivity contribution in [3.8, 4) is 5.75 Å². The Morgan fingerprint density at radius 2 is 1.96 bits per heavy atom. The lowest BCUT2D eigenvalue weighted by atomic mass is 10.1. The van der Waals surface area contributed by atoms with Gasteiger partial charge >= 0.3 is 0 Å². The summed E-state index contributed by atoms with van der Waals surface area (Å²) < 4.78 is 0. The molecule has 6 nitrogen and oxygen atoms in total. The van der Waals surface area contributed by atoms with Crippen molar-refractivity contribution in [3.63, 3.8) is 0 Å². The van der Waals surface area contributed by atoms with Gasteiger partial charge in [0.05, 0.1) is 6.54 Å². The molecule has 1 heterocycles. The van der Waals surface area contributed by atoms with E-state index in [1.165, 1.54) is 10.9 Å². The number of carbonyl (C=O) groups excluding carboxylic acids is 1. The highest BCUT2D eigenvalue weighted by molar-refractivity contribution is 14.0. The van der Waals surface area contributed by atoms with E-state index in [9.17, 15) is 9.90 Å². The van der Waals surface area contributed by atoms with Gasteiger partial charge in [0.2, 0.25) is 0 Å². The predicted molar refractivity (Wildman–Crippen MR) is 127 cm³/mol. The number of carbonyl (C=O) groups is 1. The number of phenolic OH excluding ortho intramolecular Hbond substituents is 1. The molecule has 4 N–H and O–H groups in total. The zero-order valence-corrected chi connectivity index (χ0v) is 19.4. The maximum Gasteiger partial charge on any atom is 0.251 e. The SMILES string of the molecule is CCNC(=NCC(C)c1cccs1)NCCCNC(=O)c1cccc(O)c1.I. The van der Waals surface area contributed by atoms with Crippen molar-refractivity contribution < 1.29 is 9.90 Å². The number of nitrogens with one attached hydrogen (secondary N) is 3. The molecule has 0 spiro atoms. The first-order valence-corrected chi connectivity index (χ1v) is 10.1. The Balaban J connectivity index is 0.00000392. The summed E-state index contributed by atoms with van der Waals surface area (Å²) in [6.45, 7) is 6.99. The highest BCUT2D eigenvalue weighted by atomic mass is 127. The second-order valence-electron chi connectivity index (χ2n) is 6.22. The fourth-order valence-electron chi connectivity index (χ4n) is 2.48. The van der Waals surface area contributed by atoms with Gasteiger partial charge in [-0.2, -0.15) is 0 Å². The zero-order chi connectivity index (χ0) is 19.5. The molecule has 0 aliphatic rings. The number of benzene rings is 1. The highest BCUT2D eigenvalue weighted by Crippen LogP contribution is 2.20. The van der Waals surface area contributed by atoms with Gasteiger partial charge in [-0.15, -0.1) is 35.3 Å². The molecule has 28 heavy (non-hydrogen) atoms. The first kappa shape index (κ1) is 24.2. The highest BCUT2D eigenvalue weighted by Gasteiger charge is 2.07. The third-order valence-corrected chi connectivity index (χ3v) is 5.04. The summed E-state index contributed by atoms with van der Waals surface area (Å²) in [6, 6.07) is 10.5. The van der Waals surface area contributed by atoms with Gasteiger partial charge in [0.1, 0.15) is 5.75 Å². The second kappa shape index (κ2) is 13.4. The Kier molecular flexibility index (Phi) is 11.6. The van der Waals surface area contributed by atoms with Gasteiger partial charge in [-0.1, -0.05) is 19.1 Å². The van der Waals surface area contributed by atoms with Crippen LogP contribution in [0.4, 0.5) is 0 Å². The van der Waals surface area contributed by atoms with E-state index in [0.29, 0.717) is 24.6 Å². The molecule has 0 saturated carbocycles. The Bertz CT molecular complexity index is 738. The largest absolute Gasteiger partial charge is 0.508 e. The van der Waals surface area contributed by atoms with Crippen LogP contribution in [-0.2, 0) is 0 Å². The molecule has 0 aliphatic heterocycles. The third-order valence-electron chi connectivity index (χ3n) is 3.94. The van der Waals surface area contributed by atoms with E-state index in [0.717, 1.165) is 25.5 Å². The monoisotopic (exact) mass is 516 g/mol. The predicted octanol–water partition coefficient (Wildman–Crippen LogP) is 3.55. The van der Waals surface area contributed by atoms with Gasteiger partial charge in [-0.3, -0.25) is 9.79 Å². The first-order chi connectivity index (χ1) is 13.1. The van der Waals surface area contributed by atoms with Crippen LogP contribution >= 0.6 is 35.3 Å². The number of guanidine groups is 1. The Morgan fingerprint density at radius 3 is 2.64 bits per heavy atom. The number of hydrogen-bond donors (Lipinski definition) is 4. The molecule has 0 saturated heterocycles. The van der Waals surface area contributed by atoms with Crippen molar-refractivity contribution in [2.24, 2.45) is 4.99 Å². The van der Waals surface area contributed by atoms with Crippen LogP contribution in [0.1, 0.15) is 41.4 Å². The minimum Gasteiger partial charge on any atom is -0.508 e. The van der Waals surface area contributed by atoms with E-state index in [1.54, 1.807) is 29.5 Å². The van der Waals surface area contributed by atoms with Crippen molar-refractivity contribution in [1.82, 2.24) is 16.0 Å². The number of thiophene rings is 1. The maximum absolute atomic E-state index is 12.0. The summed E-state index contributed by atoms with van der Waals surface area (Å²) in [6.07, 6.45) is 0.773. The van der Waals surface area contributed by atoms with Crippen LogP contribution in [-0.4, -0.2) is 43.2 Å². The fraction of sp³-hybridized carbons (Fsp3) is 0.400. The van der Waals surface area contributed by atoms with Crippen LogP contribution in [0.5, 0.6) is 5.75 Å². The number of aliphatic imine (C=N–C) groups is 1. The van der Waals surface area contributed by atoms with Crippen LogP contribution in [0.25, 0.3) is 0 Å². The third kappa shape index (κ3) is 8.47. The van der Waals surface area contributed by atoms with Crippen LogP contribution < -0.4 is 16.0 Å². The average molecular weight is 516 g/mol. The first-order valence-electron chi connectivity index (χ1n) is 9.23. The molecule has 2 rings (SSSR count). The van der Waals surface area contributed by atoms with Crippen molar-refractivity contribution in [2.75, 3.05) is 26.2 Å². The summed E-state index contributed by atoms with van der Waals surface area (Å²) in [5.41, 5.74) is 0.459. The molecule has 2 aromatic rings. The Labute approximate surface area is 187 Å². The summed E-state index contributed by atoms with van der Waals surface area (Å²) in [7, 11) is 0. The van der Waals surface area contributed by atoms with E-state index < -0.39 is 0 Å². The van der Waals surface area contributed by atoms with Gasteiger partial charge in [0.25, 0.3) is 5.91 Å². The molecular weight excluding hydrogens is 487 g/mol. The normalized spacial score (nSPS) is 12.0. The smallest absolute Gasteiger partial charge is 0.251 e. The minimum absolute atomic E-state index is 0. The van der Waals surface area contributed by atoms with E-state index in [4.69, 9.17) is 0 Å². The molecule has 0 fully saturated rings. The summed E-state index contributed by atoms with van der Waals surface area (Å²) in [4.78, 5) is 18.0. The molecule has 0 radical (unpaired) electrons. The molecule has 154 valence electrons. The molecule has 0 aliphatic carbocycles. The maximum atomic E-state index is 12.0. The average Bonchev–Trinajstić information content (AvgIpc) is 3.20. The lowest BCUT2D eigenvalue weighted by Crippen LogP contribution is -2.39. The van der Waals surface area contributed by atoms with Crippen molar-refractivity contribution in [3.05, 3.63) is 52.2 Å². The van der Waals surface area contributed by atoms with Crippen LogP contribution in [0.2, 0.25) is 0 Å². The van der Waals surface area contributed by atoms with E-state index in [-0.39, 0.29) is 35.6 Å². The van der Waals surface area contributed by atoms with Gasteiger partial charge in [-0.05, 0) is 43.0 Å². The van der Waals surface area contributed by atoms with Crippen molar-refractivity contribution in [1.29, 1.82) is 0 Å². The van der Waals surface area contributed by atoms with E-state index in [2.05, 4.69) is 45.4 Å². The summed E-state index contributed by atoms with van der Waals surface area (Å²) >= 11 is 1.76. The van der Waals surface area contributed by atoms with Crippen LogP contribution in [0.15, 0.2) is 46.8 Å². The van der Waals surface area contributed by atoms with Gasteiger partial charge in [0, 0.05) is 36.0 Å². The lowest BCUT2D eigenvalue weighted by Gasteiger charge is -2.13. The molecule has 1 atom stereocenters. The molecule has 1 aromatic carbocycles. The van der Waals surface area contributed by atoms with Gasteiger partial charge < -0.3 is 21.1 Å². The molecular formula is C20H29IN4O2S. The number of rotatable bonds is 9. The number of hydrogen-bond acceptors (Lipinski definition) is 4. The van der Waals surface area contributed by atoms with Crippen molar-refractivity contribution in [2.45, 2.75) is 26.2 Å². The molecule has 8 heteroatoms. The van der Waals surface area contributed by atoms with Crippen LogP contribution in [0, 0.1) is 0 Å². The standard InChI is InChI=1S/C20H28N4O2S.HI/c1-3-21-20(24-14-15(2)18-9-5-12-27-18)23-11-6-10-22-19(26)16-7-4-8-17(25)13-16;/h4-5,7-9,12-13,15,25H,3,6,10-11,14H2,1-2H3,(H,22,26)(H2,21,23,24);1H. The number of nitrogens with zero attached hydrogens (tertiary/aromatic N) is 1.